The Morgan fingerprint density at radius 2 is 1.71 bits per heavy atom. The number of benzene rings is 2. The van der Waals surface area contributed by atoms with Crippen molar-refractivity contribution in [3.8, 4) is 5.75 Å². The average Bonchev–Trinajstić information content (AvgIpc) is 3.10. The van der Waals surface area contributed by atoms with E-state index in [1.165, 1.54) is 60.4 Å². The van der Waals surface area contributed by atoms with Gasteiger partial charge in [0.15, 0.2) is 5.13 Å². The van der Waals surface area contributed by atoms with Crippen LogP contribution in [0.5, 0.6) is 5.75 Å². The maximum atomic E-state index is 13.3. The Balaban J connectivity index is 1.95. The Labute approximate surface area is 179 Å². The van der Waals surface area contributed by atoms with Crippen LogP contribution >= 0.6 is 11.3 Å². The maximum absolute atomic E-state index is 13.3. The van der Waals surface area contributed by atoms with Crippen molar-refractivity contribution in [3.05, 3.63) is 64.8 Å². The van der Waals surface area contributed by atoms with Crippen molar-refractivity contribution in [1.82, 2.24) is 4.98 Å². The van der Waals surface area contributed by atoms with Gasteiger partial charge >= 0.3 is 6.61 Å². The van der Waals surface area contributed by atoms with Gasteiger partial charge in [-0.3, -0.25) is 9.59 Å². The molecule has 0 aliphatic carbocycles. The highest BCUT2D eigenvalue weighted by Crippen LogP contribution is 2.36. The average molecular weight is 450 g/mol. The first-order valence-corrected chi connectivity index (χ1v) is 9.69. The molecule has 1 heterocycles. The number of thiazole rings is 1. The summed E-state index contributed by atoms with van der Waals surface area (Å²) in [6.45, 7) is -1.45. The number of rotatable bonds is 8. The van der Waals surface area contributed by atoms with Gasteiger partial charge in [-0.25, -0.2) is 9.37 Å². The molecule has 1 aromatic heterocycles. The molecule has 0 spiro atoms. The zero-order chi connectivity index (χ0) is 22.7. The number of primary amides is 1. The second kappa shape index (κ2) is 9.04. The topological polar surface area (TPSA) is 112 Å². The molecule has 0 aliphatic rings. The van der Waals surface area contributed by atoms with Crippen molar-refractivity contribution in [3.63, 3.8) is 0 Å². The minimum absolute atomic E-state index is 0.0818. The lowest BCUT2D eigenvalue weighted by atomic mass is 10.1. The predicted molar refractivity (Wildman–Crippen MR) is 110 cm³/mol. The van der Waals surface area contributed by atoms with E-state index in [1.807, 2.05) is 0 Å². The second-order valence-electron chi connectivity index (χ2n) is 6.37. The standard InChI is InChI=1S/C20H17F3N4O3S/c1-10(18(25)29)27(13-6-4-12(21)5-7-13)20-26-17(24)16(31-20)15(28)11-2-8-14(9-3-11)30-19(22)23/h2-10,19H,24H2,1H3,(H2,25,29)/t10-/m0/s1. The Morgan fingerprint density at radius 3 is 2.26 bits per heavy atom. The molecule has 0 radical (unpaired) electrons. The molecule has 11 heteroatoms. The van der Waals surface area contributed by atoms with Gasteiger partial charge in [-0.2, -0.15) is 8.78 Å². The Hall–Kier alpha value is -3.60. The van der Waals surface area contributed by atoms with Crippen molar-refractivity contribution in [2.75, 3.05) is 10.6 Å². The fourth-order valence-corrected chi connectivity index (χ4v) is 3.78. The number of anilines is 3. The van der Waals surface area contributed by atoms with Crippen LogP contribution in [0.4, 0.5) is 29.8 Å². The Morgan fingerprint density at radius 1 is 1.10 bits per heavy atom. The SMILES string of the molecule is C[C@@H](C(N)=O)N(c1ccc(F)cc1)c1nc(N)c(C(=O)c2ccc(OC(F)F)cc2)s1. The number of alkyl halides is 2. The molecule has 3 rings (SSSR count). The Bertz CT molecular complexity index is 1090. The van der Waals surface area contributed by atoms with Gasteiger partial charge in [-0.05, 0) is 55.5 Å². The van der Waals surface area contributed by atoms with E-state index in [2.05, 4.69) is 9.72 Å². The number of halogens is 3. The van der Waals surface area contributed by atoms with E-state index in [4.69, 9.17) is 11.5 Å². The van der Waals surface area contributed by atoms with Gasteiger partial charge in [0, 0.05) is 11.3 Å². The molecule has 1 amide bonds. The maximum Gasteiger partial charge on any atom is 0.387 e. The van der Waals surface area contributed by atoms with Gasteiger partial charge in [0.25, 0.3) is 0 Å². The zero-order valence-corrected chi connectivity index (χ0v) is 16.9. The fourth-order valence-electron chi connectivity index (χ4n) is 2.73. The number of hydrogen-bond acceptors (Lipinski definition) is 7. The number of aromatic nitrogens is 1. The van der Waals surface area contributed by atoms with Crippen molar-refractivity contribution in [2.24, 2.45) is 5.73 Å². The van der Waals surface area contributed by atoms with Crippen molar-refractivity contribution >= 4 is 39.7 Å². The van der Waals surface area contributed by atoms with Crippen LogP contribution in [0.15, 0.2) is 48.5 Å². The molecule has 4 N–H and O–H groups in total. The highest BCUT2D eigenvalue weighted by atomic mass is 32.1. The van der Waals surface area contributed by atoms with E-state index < -0.39 is 30.2 Å². The summed E-state index contributed by atoms with van der Waals surface area (Å²) in [5, 5.41) is 0.205. The monoisotopic (exact) mass is 450 g/mol. The number of carbonyl (C=O) groups is 2. The highest BCUT2D eigenvalue weighted by Gasteiger charge is 2.27. The molecule has 0 bridgehead atoms. The summed E-state index contributed by atoms with van der Waals surface area (Å²) in [5.41, 5.74) is 12.0. The van der Waals surface area contributed by atoms with E-state index in [0.29, 0.717) is 5.69 Å². The first-order chi connectivity index (χ1) is 14.7. The third kappa shape index (κ3) is 4.94. The Kier molecular flexibility index (Phi) is 6.44. The molecule has 162 valence electrons. The molecule has 31 heavy (non-hydrogen) atoms. The van der Waals surface area contributed by atoms with Gasteiger partial charge in [0.1, 0.15) is 28.3 Å². The largest absolute Gasteiger partial charge is 0.435 e. The summed E-state index contributed by atoms with van der Waals surface area (Å²) < 4.78 is 42.2. The number of nitrogen functional groups attached to an aromatic ring is 1. The number of nitrogens with zero attached hydrogens (tertiary/aromatic N) is 2. The van der Waals surface area contributed by atoms with Crippen molar-refractivity contribution < 1.29 is 27.5 Å². The third-order valence-corrected chi connectivity index (χ3v) is 5.37. The molecule has 7 nitrogen and oxygen atoms in total. The number of ketones is 1. The van der Waals surface area contributed by atoms with Gasteiger partial charge < -0.3 is 21.1 Å². The van der Waals surface area contributed by atoms with Gasteiger partial charge in [0.05, 0.1) is 0 Å². The van der Waals surface area contributed by atoms with Crippen molar-refractivity contribution in [2.45, 2.75) is 19.6 Å². The number of carbonyl (C=O) groups excluding carboxylic acids is 2. The molecule has 3 aromatic rings. The number of amides is 1. The number of hydrogen-bond donors (Lipinski definition) is 2. The van der Waals surface area contributed by atoms with Gasteiger partial charge in [-0.1, -0.05) is 11.3 Å². The molecule has 0 saturated heterocycles. The zero-order valence-electron chi connectivity index (χ0n) is 16.1. The molecule has 0 aliphatic heterocycles. The lowest BCUT2D eigenvalue weighted by molar-refractivity contribution is -0.118. The third-order valence-electron chi connectivity index (χ3n) is 4.30. The van der Waals surface area contributed by atoms with Gasteiger partial charge in [0.2, 0.25) is 11.7 Å². The quantitative estimate of drug-likeness (QED) is 0.506. The summed E-state index contributed by atoms with van der Waals surface area (Å²) in [4.78, 5) is 30.4. The first-order valence-electron chi connectivity index (χ1n) is 8.87. The van der Waals surface area contributed by atoms with Crippen LogP contribution in [0.25, 0.3) is 0 Å². The molecular weight excluding hydrogens is 433 g/mol. The molecule has 2 aromatic carbocycles. The summed E-state index contributed by atoms with van der Waals surface area (Å²) in [5.74, 6) is -1.80. The normalized spacial score (nSPS) is 11.9. The van der Waals surface area contributed by atoms with E-state index in [0.717, 1.165) is 11.3 Å². The first kappa shape index (κ1) is 22.1. The van der Waals surface area contributed by atoms with Crippen LogP contribution < -0.4 is 21.1 Å². The minimum atomic E-state index is -2.98. The van der Waals surface area contributed by atoms with Crippen LogP contribution in [0.3, 0.4) is 0 Å². The smallest absolute Gasteiger partial charge is 0.387 e. The van der Waals surface area contributed by atoms with Crippen molar-refractivity contribution in [1.29, 1.82) is 0 Å². The van der Waals surface area contributed by atoms with E-state index in [9.17, 15) is 22.8 Å². The predicted octanol–water partition coefficient (Wildman–Crippen LogP) is 3.71. The summed E-state index contributed by atoms with van der Waals surface area (Å²) in [6.07, 6.45) is 0. The van der Waals surface area contributed by atoms with Crippen LogP contribution in [0, 0.1) is 5.82 Å². The van der Waals surface area contributed by atoms with Crippen LogP contribution in [0.2, 0.25) is 0 Å². The second-order valence-corrected chi connectivity index (χ2v) is 7.35. The number of ether oxygens (including phenoxy) is 1. The summed E-state index contributed by atoms with van der Waals surface area (Å²) >= 11 is 0.918. The molecule has 0 unspecified atom stereocenters. The van der Waals surface area contributed by atoms with Crippen LogP contribution in [-0.4, -0.2) is 29.3 Å². The minimum Gasteiger partial charge on any atom is -0.435 e. The summed E-state index contributed by atoms with van der Waals surface area (Å²) in [7, 11) is 0. The molecule has 0 fully saturated rings. The van der Waals surface area contributed by atoms with E-state index >= 15 is 0 Å². The number of nitrogens with two attached hydrogens (primary N) is 2. The highest BCUT2D eigenvalue weighted by molar-refractivity contribution is 7.18. The van der Waals surface area contributed by atoms with E-state index in [1.54, 1.807) is 0 Å². The molecule has 1 atom stereocenters. The molecule has 0 saturated carbocycles. The molecular formula is C20H17F3N4O3S. The summed E-state index contributed by atoms with van der Waals surface area (Å²) in [6, 6.07) is 9.54. The van der Waals surface area contributed by atoms with Gasteiger partial charge in [-0.15, -0.1) is 0 Å². The van der Waals surface area contributed by atoms with E-state index in [-0.39, 0.29) is 27.1 Å². The lowest BCUT2D eigenvalue weighted by Crippen LogP contribution is -2.39. The lowest BCUT2D eigenvalue weighted by Gasteiger charge is -2.26. The van der Waals surface area contributed by atoms with Crippen LogP contribution in [-0.2, 0) is 4.79 Å². The van der Waals surface area contributed by atoms with Crippen LogP contribution in [0.1, 0.15) is 22.2 Å². The fraction of sp³-hybridized carbons (Fsp3) is 0.150.